The molecule has 1 amide bonds. The van der Waals surface area contributed by atoms with Crippen molar-refractivity contribution >= 4 is 17.3 Å². The molecule has 0 radical (unpaired) electrons. The Bertz CT molecular complexity index is 1460. The van der Waals surface area contributed by atoms with Crippen LogP contribution >= 0.6 is 0 Å². The van der Waals surface area contributed by atoms with Crippen molar-refractivity contribution in [3.8, 4) is 11.3 Å². The summed E-state index contributed by atoms with van der Waals surface area (Å²) in [7, 11) is 0. The van der Waals surface area contributed by atoms with Crippen LogP contribution in [0, 0.1) is 5.82 Å². The summed E-state index contributed by atoms with van der Waals surface area (Å²) in [5, 5.41) is 13.6. The van der Waals surface area contributed by atoms with Crippen molar-refractivity contribution in [3.63, 3.8) is 0 Å². The highest BCUT2D eigenvalue weighted by molar-refractivity contribution is 5.97. The van der Waals surface area contributed by atoms with Crippen molar-refractivity contribution in [2.24, 2.45) is 0 Å². The summed E-state index contributed by atoms with van der Waals surface area (Å²) >= 11 is 0. The molecule has 0 saturated carbocycles. The first-order valence-corrected chi connectivity index (χ1v) is 13.0. The molecule has 216 valence electrons. The SMILES string of the molecule is C=C(C)/C(=C\C(=C/C)NC(=O)c1cc(NCCN2CCCC2)c(F)c(C(F)(F)F)c1)n1cc(-c2cncnc2)nn1. The minimum atomic E-state index is -4.99. The van der Waals surface area contributed by atoms with Gasteiger partial charge < -0.3 is 15.5 Å². The number of halogens is 4. The number of nitrogens with one attached hydrogen (secondary N) is 2. The molecule has 2 N–H and O–H groups in total. The summed E-state index contributed by atoms with van der Waals surface area (Å²) in [5.41, 5.74) is 0.186. The van der Waals surface area contributed by atoms with E-state index in [1.807, 2.05) is 0 Å². The van der Waals surface area contributed by atoms with Gasteiger partial charge in [-0.3, -0.25) is 4.79 Å². The number of allylic oxidation sites excluding steroid dienone is 4. The first-order chi connectivity index (χ1) is 19.6. The van der Waals surface area contributed by atoms with Crippen LogP contribution in [-0.4, -0.2) is 61.9 Å². The van der Waals surface area contributed by atoms with E-state index < -0.39 is 23.5 Å². The van der Waals surface area contributed by atoms with Crippen molar-refractivity contribution in [2.45, 2.75) is 32.9 Å². The van der Waals surface area contributed by atoms with Crippen LogP contribution in [-0.2, 0) is 6.18 Å². The third kappa shape index (κ3) is 7.42. The second-order valence-electron chi connectivity index (χ2n) is 9.54. The molecular formula is C28H30F4N8O. The van der Waals surface area contributed by atoms with Gasteiger partial charge in [-0.2, -0.15) is 13.2 Å². The van der Waals surface area contributed by atoms with Crippen molar-refractivity contribution in [2.75, 3.05) is 31.5 Å². The molecule has 0 spiro atoms. The first-order valence-electron chi connectivity index (χ1n) is 13.0. The number of nitrogens with zero attached hydrogens (tertiary/aromatic N) is 6. The van der Waals surface area contributed by atoms with Crippen LogP contribution in [0.1, 0.15) is 42.6 Å². The predicted molar refractivity (Wildman–Crippen MR) is 147 cm³/mol. The smallest absolute Gasteiger partial charge is 0.381 e. The van der Waals surface area contributed by atoms with Gasteiger partial charge in [0.1, 0.15) is 12.0 Å². The topological polar surface area (TPSA) is 101 Å². The maximum atomic E-state index is 14.8. The number of hydrogen-bond donors (Lipinski definition) is 2. The normalized spacial score (nSPS) is 14.8. The Morgan fingerprint density at radius 2 is 1.88 bits per heavy atom. The highest BCUT2D eigenvalue weighted by Gasteiger charge is 2.36. The average Bonchev–Trinajstić information content (AvgIpc) is 3.64. The molecule has 2 aromatic heterocycles. The van der Waals surface area contributed by atoms with Crippen LogP contribution < -0.4 is 10.6 Å². The van der Waals surface area contributed by atoms with E-state index in [-0.39, 0.29) is 23.5 Å². The number of alkyl halides is 3. The molecule has 0 aliphatic carbocycles. The lowest BCUT2D eigenvalue weighted by molar-refractivity contribution is -0.139. The molecule has 4 rings (SSSR count). The van der Waals surface area contributed by atoms with Gasteiger partial charge in [0.25, 0.3) is 5.91 Å². The predicted octanol–water partition coefficient (Wildman–Crippen LogP) is 5.15. The van der Waals surface area contributed by atoms with Crippen molar-refractivity contribution in [1.29, 1.82) is 0 Å². The molecule has 9 nitrogen and oxygen atoms in total. The third-order valence-corrected chi connectivity index (χ3v) is 6.48. The van der Waals surface area contributed by atoms with Crippen LogP contribution in [0.15, 0.2) is 67.1 Å². The summed E-state index contributed by atoms with van der Waals surface area (Å²) in [6, 6.07) is 1.60. The molecule has 1 aliphatic heterocycles. The van der Waals surface area contributed by atoms with Crippen molar-refractivity contribution in [1.82, 2.24) is 35.2 Å². The second kappa shape index (κ2) is 12.9. The maximum Gasteiger partial charge on any atom is 0.419 e. The number of benzene rings is 1. The van der Waals surface area contributed by atoms with Gasteiger partial charge in [0.05, 0.1) is 23.1 Å². The zero-order valence-corrected chi connectivity index (χ0v) is 22.7. The number of amides is 1. The minimum Gasteiger partial charge on any atom is -0.381 e. The van der Waals surface area contributed by atoms with Gasteiger partial charge in [-0.1, -0.05) is 17.9 Å². The van der Waals surface area contributed by atoms with Gasteiger partial charge in [0, 0.05) is 42.3 Å². The van der Waals surface area contributed by atoms with E-state index in [1.54, 1.807) is 44.6 Å². The van der Waals surface area contributed by atoms with Crippen LogP contribution in [0.2, 0.25) is 0 Å². The summed E-state index contributed by atoms with van der Waals surface area (Å²) in [5.74, 6) is -2.29. The Morgan fingerprint density at radius 1 is 1.17 bits per heavy atom. The van der Waals surface area contributed by atoms with E-state index in [0.717, 1.165) is 32.0 Å². The quantitative estimate of drug-likeness (QED) is 0.257. The number of carbonyl (C=O) groups is 1. The van der Waals surface area contributed by atoms with E-state index in [0.29, 0.717) is 35.1 Å². The van der Waals surface area contributed by atoms with Gasteiger partial charge in [0.15, 0.2) is 5.82 Å². The Balaban J connectivity index is 1.57. The zero-order chi connectivity index (χ0) is 29.6. The van der Waals surface area contributed by atoms with E-state index in [9.17, 15) is 22.4 Å². The van der Waals surface area contributed by atoms with Gasteiger partial charge in [-0.05, 0) is 63.6 Å². The number of aromatic nitrogens is 5. The number of likely N-dealkylation sites (tertiary alicyclic amines) is 1. The number of hydrogen-bond acceptors (Lipinski definition) is 7. The molecule has 13 heteroatoms. The maximum absolute atomic E-state index is 14.8. The molecule has 1 aromatic carbocycles. The van der Waals surface area contributed by atoms with E-state index >= 15 is 0 Å². The lowest BCUT2D eigenvalue weighted by atomic mass is 10.1. The highest BCUT2D eigenvalue weighted by Crippen LogP contribution is 2.35. The fraction of sp³-hybridized carbons (Fsp3) is 0.321. The summed E-state index contributed by atoms with van der Waals surface area (Å²) in [6.45, 7) is 9.90. The monoisotopic (exact) mass is 570 g/mol. The van der Waals surface area contributed by atoms with Gasteiger partial charge in [0.2, 0.25) is 0 Å². The lowest BCUT2D eigenvalue weighted by Crippen LogP contribution is -2.27. The zero-order valence-electron chi connectivity index (χ0n) is 22.7. The largest absolute Gasteiger partial charge is 0.419 e. The van der Waals surface area contributed by atoms with Crippen LogP contribution in [0.25, 0.3) is 17.0 Å². The fourth-order valence-electron chi connectivity index (χ4n) is 4.32. The molecule has 1 aliphatic rings. The van der Waals surface area contributed by atoms with Gasteiger partial charge in [-0.25, -0.2) is 19.0 Å². The Labute approximate surface area is 234 Å². The lowest BCUT2D eigenvalue weighted by Gasteiger charge is -2.18. The first kappa shape index (κ1) is 29.6. The molecule has 41 heavy (non-hydrogen) atoms. The van der Waals surface area contributed by atoms with Crippen LogP contribution in [0.4, 0.5) is 23.2 Å². The molecular weight excluding hydrogens is 540 g/mol. The molecule has 1 saturated heterocycles. The van der Waals surface area contributed by atoms with E-state index in [2.05, 4.69) is 42.4 Å². The Morgan fingerprint density at radius 3 is 2.51 bits per heavy atom. The van der Waals surface area contributed by atoms with Crippen LogP contribution in [0.5, 0.6) is 0 Å². The molecule has 0 bridgehead atoms. The van der Waals surface area contributed by atoms with E-state index in [4.69, 9.17) is 0 Å². The Hall–Kier alpha value is -4.39. The van der Waals surface area contributed by atoms with Crippen molar-refractivity contribution in [3.05, 3.63) is 84.0 Å². The van der Waals surface area contributed by atoms with Gasteiger partial charge >= 0.3 is 6.18 Å². The summed E-state index contributed by atoms with van der Waals surface area (Å²) < 4.78 is 57.3. The molecule has 3 heterocycles. The van der Waals surface area contributed by atoms with Gasteiger partial charge in [-0.15, -0.1) is 5.10 Å². The molecule has 0 unspecified atom stereocenters. The fourth-order valence-corrected chi connectivity index (χ4v) is 4.32. The van der Waals surface area contributed by atoms with E-state index in [1.165, 1.54) is 11.0 Å². The highest BCUT2D eigenvalue weighted by atomic mass is 19.4. The molecule has 0 atom stereocenters. The summed E-state index contributed by atoms with van der Waals surface area (Å²) in [4.78, 5) is 23.2. The second-order valence-corrected chi connectivity index (χ2v) is 9.54. The summed E-state index contributed by atoms with van der Waals surface area (Å²) in [6.07, 6.45) is 6.42. The van der Waals surface area contributed by atoms with Crippen LogP contribution in [0.3, 0.4) is 0 Å². The number of rotatable bonds is 10. The Kier molecular flexibility index (Phi) is 9.28. The third-order valence-electron chi connectivity index (χ3n) is 6.48. The molecule has 1 fully saturated rings. The average molecular weight is 571 g/mol. The van der Waals surface area contributed by atoms with Crippen molar-refractivity contribution < 1.29 is 22.4 Å². The number of carbonyl (C=O) groups excluding carboxylic acids is 1. The number of anilines is 1. The minimum absolute atomic E-state index is 0.235. The standard InChI is InChI=1S/C28H30F4N8O/c1-4-21(13-25(18(2)3)40-16-24(37-38-40)20-14-33-17-34-15-20)36-27(41)19-11-22(28(30,31)32)26(29)23(12-19)35-7-10-39-8-5-6-9-39/h4,11-17,35H,2,5-10H2,1,3H3,(H,36,41)/b21-4+,25-13+. The molecule has 3 aromatic rings.